The van der Waals surface area contributed by atoms with Crippen molar-refractivity contribution in [3.05, 3.63) is 147 Å². The number of rotatable bonds is 7. The third-order valence-electron chi connectivity index (χ3n) is 6.31. The molecule has 2 nitrogen and oxygen atoms in total. The normalized spacial score (nSPS) is 16.8. The molecule has 2 aliphatic rings. The topological polar surface area (TPSA) is 17.8 Å². The number of benzene rings is 3. The Morgan fingerprint density at radius 2 is 1.29 bits per heavy atom. The van der Waals surface area contributed by atoms with Crippen LogP contribution in [0, 0.1) is 62.5 Å². The van der Waals surface area contributed by atoms with Gasteiger partial charge in [-0.1, -0.05) is 79.7 Å². The van der Waals surface area contributed by atoms with Crippen LogP contribution in [-0.4, -0.2) is 15.3 Å². The van der Waals surface area contributed by atoms with Gasteiger partial charge in [-0.05, 0) is 86.8 Å². The van der Waals surface area contributed by atoms with Crippen LogP contribution >= 0.6 is 19.7 Å². The summed E-state index contributed by atoms with van der Waals surface area (Å²) in [4.78, 5) is 5.26. The van der Waals surface area contributed by atoms with Gasteiger partial charge in [-0.3, -0.25) is 0 Å². The maximum absolute atomic E-state index is 5.26. The number of hydrogen-bond acceptors (Lipinski definition) is 2. The zero-order chi connectivity index (χ0) is 25.5. The predicted octanol–water partition coefficient (Wildman–Crippen LogP) is 6.86. The van der Waals surface area contributed by atoms with Crippen molar-refractivity contribution >= 4 is 46.9 Å². The van der Waals surface area contributed by atoms with Crippen molar-refractivity contribution in [1.29, 1.82) is 0 Å². The molecule has 0 N–H and O–H groups in total. The van der Waals surface area contributed by atoms with Gasteiger partial charge in [0, 0.05) is 25.1 Å². The van der Waals surface area contributed by atoms with E-state index >= 15 is 0 Å². The van der Waals surface area contributed by atoms with E-state index in [0.29, 0.717) is 0 Å². The Kier molecular flexibility index (Phi) is 11.4. The molecule has 1 heterocycles. The van der Waals surface area contributed by atoms with Crippen LogP contribution in [-0.2, 0) is 17.1 Å². The number of imidazole rings is 1. The monoisotopic (exact) mass is 574 g/mol. The molecular weight excluding hydrogens is 543 g/mol. The van der Waals surface area contributed by atoms with Crippen molar-refractivity contribution in [2.75, 3.05) is 5.75 Å². The molecule has 0 bridgehead atoms. The minimum absolute atomic E-state index is 0. The van der Waals surface area contributed by atoms with Gasteiger partial charge in [-0.25, -0.2) is 4.98 Å². The summed E-state index contributed by atoms with van der Waals surface area (Å²) < 4.78 is 2.48. The fourth-order valence-corrected chi connectivity index (χ4v) is 7.91. The molecule has 0 saturated heterocycles. The fourth-order valence-electron chi connectivity index (χ4n) is 4.61. The molecule has 5 heteroatoms. The average molecular weight is 575 g/mol. The summed E-state index contributed by atoms with van der Waals surface area (Å²) in [6.07, 6.45) is 16.7. The van der Waals surface area contributed by atoms with E-state index < -0.39 is 7.92 Å². The second kappa shape index (κ2) is 14.7. The van der Waals surface area contributed by atoms with Crippen molar-refractivity contribution in [2.24, 2.45) is 0 Å². The molecule has 2 aliphatic carbocycles. The van der Waals surface area contributed by atoms with Crippen LogP contribution in [0.4, 0.5) is 0 Å². The van der Waals surface area contributed by atoms with Crippen LogP contribution in [0.25, 0.3) is 11.0 Å². The zero-order valence-corrected chi connectivity index (χ0v) is 24.4. The molecule has 0 unspecified atom stereocenters. The summed E-state index contributed by atoms with van der Waals surface area (Å²) in [5.74, 6) is 2.44. The maximum Gasteiger partial charge on any atom is 2.00 e. The molecule has 6 rings (SSSR count). The van der Waals surface area contributed by atoms with Crippen molar-refractivity contribution < 1.29 is 17.1 Å². The summed E-state index contributed by atoms with van der Waals surface area (Å²) in [5, 5.41) is 4.01. The van der Waals surface area contributed by atoms with E-state index in [1.54, 1.807) is 0 Å². The Morgan fingerprint density at radius 3 is 1.87 bits per heavy atom. The molecule has 2 fully saturated rings. The molecule has 0 spiro atoms. The van der Waals surface area contributed by atoms with Gasteiger partial charge in [0.25, 0.3) is 0 Å². The molecule has 1 aromatic heterocycles. The molecule has 0 aliphatic heterocycles. The molecule has 10 radical (unpaired) electrons. The SMILES string of the molecule is CCS[C]1[CH][CH][CH][C]1[C@H](C)n1c(P(c2ccccc2)c2ccccc2)nc2ccccc21.[CH]1[CH][CH][CH][CH]1.[Fe+2]. The van der Waals surface area contributed by atoms with Crippen LogP contribution in [0.1, 0.15) is 19.9 Å². The van der Waals surface area contributed by atoms with Crippen LogP contribution in [0.2, 0.25) is 0 Å². The van der Waals surface area contributed by atoms with Crippen molar-refractivity contribution in [3.63, 3.8) is 0 Å². The third-order valence-corrected chi connectivity index (χ3v) is 9.62. The third kappa shape index (κ3) is 6.76. The first-order valence-electron chi connectivity index (χ1n) is 12.7. The predicted molar refractivity (Wildman–Crippen MR) is 162 cm³/mol. The molecule has 190 valence electrons. The van der Waals surface area contributed by atoms with Crippen molar-refractivity contribution in [2.45, 2.75) is 19.9 Å². The number of aromatic nitrogens is 2. The second-order valence-corrected chi connectivity index (χ2v) is 12.1. The van der Waals surface area contributed by atoms with Gasteiger partial charge < -0.3 is 4.57 Å². The summed E-state index contributed by atoms with van der Waals surface area (Å²) in [6.45, 7) is 4.53. The molecule has 4 aromatic rings. The van der Waals surface area contributed by atoms with Crippen LogP contribution in [0.15, 0.2) is 84.9 Å². The maximum atomic E-state index is 5.26. The number of thioether (sulfide) groups is 1. The molecule has 0 amide bonds. The van der Waals surface area contributed by atoms with Crippen molar-refractivity contribution in [1.82, 2.24) is 9.55 Å². The zero-order valence-electron chi connectivity index (χ0n) is 21.6. The van der Waals surface area contributed by atoms with Crippen LogP contribution in [0.3, 0.4) is 0 Å². The standard InChI is InChI=1S/C28H26N2PS.C5H5.Fe/c1-3-32-27-20-12-17-24(27)21(2)30-26-19-11-10-18-25(26)29-28(30)31(22-13-6-4-7-14-22)23-15-8-5-9-16-23;1-2-4-5-3-1;/h4-21H,3H2,1-2H3;1-5H;/q;;+2/t21-;;/m0../s1. The van der Waals surface area contributed by atoms with Gasteiger partial charge in [-0.2, -0.15) is 11.8 Å². The van der Waals surface area contributed by atoms with Crippen molar-refractivity contribution in [3.8, 4) is 0 Å². The van der Waals surface area contributed by atoms with Crippen LogP contribution < -0.4 is 16.2 Å². The Bertz CT molecular complexity index is 1190. The first kappa shape index (κ1) is 29.4. The smallest absolute Gasteiger partial charge is 0.320 e. The van der Waals surface area contributed by atoms with E-state index in [1.165, 1.54) is 27.3 Å². The van der Waals surface area contributed by atoms with Gasteiger partial charge in [-0.15, -0.1) is 0 Å². The summed E-state index contributed by atoms with van der Waals surface area (Å²) >= 11 is 1.92. The fraction of sp³-hybridized carbons (Fsp3) is 0.121. The number of para-hydroxylation sites is 2. The van der Waals surface area contributed by atoms with Gasteiger partial charge in [0.05, 0.1) is 11.0 Å². The molecule has 38 heavy (non-hydrogen) atoms. The van der Waals surface area contributed by atoms with E-state index in [-0.39, 0.29) is 23.1 Å². The Hall–Kier alpha value is -1.57. The summed E-state index contributed by atoms with van der Waals surface area (Å²) in [6, 6.07) is 30.4. The number of hydrogen-bond donors (Lipinski definition) is 0. The first-order valence-corrected chi connectivity index (χ1v) is 15.0. The van der Waals surface area contributed by atoms with E-state index in [0.717, 1.165) is 16.8 Å². The summed E-state index contributed by atoms with van der Waals surface area (Å²) in [5.41, 5.74) is 3.41. The minimum Gasteiger partial charge on any atom is -0.320 e. The van der Waals surface area contributed by atoms with Gasteiger partial charge in [0.1, 0.15) is 5.57 Å². The molecule has 2 saturated carbocycles. The van der Waals surface area contributed by atoms with Gasteiger partial charge >= 0.3 is 17.1 Å². The van der Waals surface area contributed by atoms with E-state index in [1.807, 2.05) is 43.9 Å². The Labute approximate surface area is 245 Å². The van der Waals surface area contributed by atoms with E-state index in [2.05, 4.69) is 123 Å². The van der Waals surface area contributed by atoms with Gasteiger partial charge in [0.2, 0.25) is 0 Å². The number of fused-ring (bicyclic) bond motifs is 1. The molecule has 1 atom stereocenters. The average Bonchev–Trinajstić information content (AvgIpc) is 3.72. The minimum atomic E-state index is -0.794. The quantitative estimate of drug-likeness (QED) is 0.177. The van der Waals surface area contributed by atoms with Gasteiger partial charge in [0.15, 0.2) is 0 Å². The van der Waals surface area contributed by atoms with Crippen LogP contribution in [0.5, 0.6) is 0 Å². The largest absolute Gasteiger partial charge is 2.00 e. The van der Waals surface area contributed by atoms with E-state index in [9.17, 15) is 0 Å². The molecule has 3 aromatic carbocycles. The first-order chi connectivity index (χ1) is 18.3. The molecular formula is C33H31FeN2PS+2. The Balaban J connectivity index is 0.000000504. The van der Waals surface area contributed by atoms with E-state index in [4.69, 9.17) is 4.98 Å². The Morgan fingerprint density at radius 1 is 0.737 bits per heavy atom. The summed E-state index contributed by atoms with van der Waals surface area (Å²) in [7, 11) is -0.794. The number of nitrogens with zero attached hydrogens (tertiary/aromatic N) is 2. The second-order valence-electron chi connectivity index (χ2n) is 8.69.